The highest BCUT2D eigenvalue weighted by molar-refractivity contribution is 6.62. The first-order chi connectivity index (χ1) is 9.89. The largest absolute Gasteiger partial charge is 0.496 e. The van der Waals surface area contributed by atoms with E-state index in [1.54, 1.807) is 0 Å². The minimum Gasteiger partial charge on any atom is -0.399 e. The zero-order valence-electron chi connectivity index (χ0n) is 14.2. The molecule has 1 aromatic heterocycles. The van der Waals surface area contributed by atoms with Gasteiger partial charge in [-0.3, -0.25) is 4.98 Å². The molecule has 2 aliphatic rings. The maximum atomic E-state index is 6.10. The molecule has 0 unspecified atom stereocenters. The number of rotatable bonds is 2. The number of aromatic nitrogens is 1. The molecule has 0 radical (unpaired) electrons. The highest BCUT2D eigenvalue weighted by Gasteiger charge is 2.51. The fourth-order valence-corrected chi connectivity index (χ4v) is 2.65. The van der Waals surface area contributed by atoms with E-state index in [0.29, 0.717) is 0 Å². The predicted molar refractivity (Wildman–Crippen MR) is 99.5 cm³/mol. The fourth-order valence-electron chi connectivity index (χ4n) is 2.65. The van der Waals surface area contributed by atoms with Crippen LogP contribution < -0.4 is 15.7 Å². The molecule has 0 spiro atoms. The Balaban J connectivity index is 0.00000132. The summed E-state index contributed by atoms with van der Waals surface area (Å²) in [6, 6.07) is 2.14. The summed E-state index contributed by atoms with van der Waals surface area (Å²) in [5.74, 6) is 0. The lowest BCUT2D eigenvalue weighted by atomic mass is 9.80. The second kappa shape index (κ2) is 7.57. The van der Waals surface area contributed by atoms with Crippen LogP contribution >= 0.6 is 24.8 Å². The van der Waals surface area contributed by atoms with E-state index in [4.69, 9.17) is 9.31 Å². The highest BCUT2D eigenvalue weighted by atomic mass is 35.5. The van der Waals surface area contributed by atoms with Crippen molar-refractivity contribution >= 4 is 43.1 Å². The van der Waals surface area contributed by atoms with Crippen LogP contribution in [-0.4, -0.2) is 49.5 Å². The number of hydrogen-bond donors (Lipinski definition) is 1. The van der Waals surface area contributed by atoms with Crippen LogP contribution in [-0.2, 0) is 9.31 Å². The third kappa shape index (κ3) is 4.12. The number of nitrogens with zero attached hydrogens (tertiary/aromatic N) is 2. The first-order valence-electron chi connectivity index (χ1n) is 7.65. The zero-order chi connectivity index (χ0) is 15.1. The van der Waals surface area contributed by atoms with Crippen LogP contribution in [0.3, 0.4) is 0 Å². The Kier molecular flexibility index (Phi) is 6.76. The van der Waals surface area contributed by atoms with E-state index >= 15 is 0 Å². The second-order valence-corrected chi connectivity index (χ2v) is 6.80. The van der Waals surface area contributed by atoms with Gasteiger partial charge in [-0.1, -0.05) is 0 Å². The van der Waals surface area contributed by atoms with Gasteiger partial charge in [-0.25, -0.2) is 0 Å². The molecular formula is C15H26BCl2N3O2. The van der Waals surface area contributed by atoms with Gasteiger partial charge in [-0.2, -0.15) is 0 Å². The molecule has 1 aromatic rings. The van der Waals surface area contributed by atoms with E-state index in [9.17, 15) is 0 Å². The van der Waals surface area contributed by atoms with Crippen molar-refractivity contribution < 1.29 is 9.31 Å². The van der Waals surface area contributed by atoms with Gasteiger partial charge in [-0.05, 0) is 33.8 Å². The Hall–Kier alpha value is -0.525. The Morgan fingerprint density at radius 2 is 1.61 bits per heavy atom. The van der Waals surface area contributed by atoms with E-state index < -0.39 is 0 Å². The molecule has 0 aliphatic carbocycles. The molecule has 5 nitrogen and oxygen atoms in total. The van der Waals surface area contributed by atoms with E-state index in [-0.39, 0.29) is 43.1 Å². The number of hydrogen-bond acceptors (Lipinski definition) is 5. The van der Waals surface area contributed by atoms with Gasteiger partial charge in [-0.15, -0.1) is 24.8 Å². The number of halogens is 2. The third-order valence-electron chi connectivity index (χ3n) is 4.75. The van der Waals surface area contributed by atoms with Crippen molar-refractivity contribution in [3.63, 3.8) is 0 Å². The van der Waals surface area contributed by atoms with Crippen LogP contribution in [0.1, 0.15) is 27.7 Å². The van der Waals surface area contributed by atoms with Gasteiger partial charge in [0.25, 0.3) is 0 Å². The summed E-state index contributed by atoms with van der Waals surface area (Å²) in [5.41, 5.74) is 1.50. The van der Waals surface area contributed by atoms with Crippen LogP contribution in [0.5, 0.6) is 0 Å². The Bertz CT molecular complexity index is 509. The van der Waals surface area contributed by atoms with E-state index in [1.165, 1.54) is 0 Å². The van der Waals surface area contributed by atoms with Gasteiger partial charge in [0, 0.05) is 37.8 Å². The molecule has 130 valence electrons. The van der Waals surface area contributed by atoms with Gasteiger partial charge >= 0.3 is 7.12 Å². The van der Waals surface area contributed by atoms with Crippen molar-refractivity contribution in [2.75, 3.05) is 31.1 Å². The first kappa shape index (κ1) is 20.5. The van der Waals surface area contributed by atoms with Crippen molar-refractivity contribution in [3.05, 3.63) is 18.5 Å². The van der Waals surface area contributed by atoms with Crippen LogP contribution in [0.4, 0.5) is 5.69 Å². The van der Waals surface area contributed by atoms with E-state index in [2.05, 4.69) is 49.0 Å². The smallest absolute Gasteiger partial charge is 0.399 e. The lowest BCUT2D eigenvalue weighted by Crippen LogP contribution is -2.44. The normalized spacial score (nSPS) is 22.3. The molecule has 2 saturated heterocycles. The quantitative estimate of drug-likeness (QED) is 0.811. The summed E-state index contributed by atoms with van der Waals surface area (Å²) in [7, 11) is -0.342. The minimum absolute atomic E-state index is 0. The summed E-state index contributed by atoms with van der Waals surface area (Å²) in [5, 5.41) is 3.36. The lowest BCUT2D eigenvalue weighted by molar-refractivity contribution is 0.00578. The summed E-state index contributed by atoms with van der Waals surface area (Å²) < 4.78 is 12.2. The summed E-state index contributed by atoms with van der Waals surface area (Å²) in [6.07, 6.45) is 3.76. The summed E-state index contributed by atoms with van der Waals surface area (Å²) >= 11 is 0. The van der Waals surface area contributed by atoms with E-state index in [1.807, 2.05) is 12.4 Å². The molecule has 0 bridgehead atoms. The van der Waals surface area contributed by atoms with Crippen molar-refractivity contribution in [2.45, 2.75) is 38.9 Å². The van der Waals surface area contributed by atoms with Crippen LogP contribution in [0.2, 0.25) is 0 Å². The molecule has 3 heterocycles. The molecule has 2 fully saturated rings. The molecule has 0 atom stereocenters. The molecule has 3 rings (SSSR count). The standard InChI is InChI=1S/C15H24BN3O2.2ClH/c1-14(2)15(3,4)21-16(20-14)12-9-13(11-18-10-12)19-7-5-17-6-8-19;;/h9-11,17H,5-8H2,1-4H3;2*1H. The second-order valence-electron chi connectivity index (χ2n) is 6.80. The van der Waals surface area contributed by atoms with Crippen molar-refractivity contribution in [3.8, 4) is 0 Å². The predicted octanol–water partition coefficient (Wildman–Crippen LogP) is 1.63. The van der Waals surface area contributed by atoms with Gasteiger partial charge in [0.1, 0.15) is 0 Å². The average molecular weight is 362 g/mol. The topological polar surface area (TPSA) is 46.6 Å². The molecule has 0 amide bonds. The fraction of sp³-hybridized carbons (Fsp3) is 0.667. The molecule has 2 aliphatic heterocycles. The van der Waals surface area contributed by atoms with E-state index in [0.717, 1.165) is 37.3 Å². The first-order valence-corrected chi connectivity index (χ1v) is 7.65. The molecule has 0 aromatic carbocycles. The van der Waals surface area contributed by atoms with Crippen LogP contribution in [0, 0.1) is 0 Å². The Labute approximate surface area is 151 Å². The maximum Gasteiger partial charge on any atom is 0.496 e. The maximum absolute atomic E-state index is 6.10. The highest BCUT2D eigenvalue weighted by Crippen LogP contribution is 2.36. The van der Waals surface area contributed by atoms with Gasteiger partial charge in [0.05, 0.1) is 23.1 Å². The van der Waals surface area contributed by atoms with Gasteiger partial charge < -0.3 is 19.5 Å². The van der Waals surface area contributed by atoms with Crippen LogP contribution in [0.15, 0.2) is 18.5 Å². The molecule has 1 N–H and O–H groups in total. The van der Waals surface area contributed by atoms with Gasteiger partial charge in [0.2, 0.25) is 0 Å². The molecule has 23 heavy (non-hydrogen) atoms. The van der Waals surface area contributed by atoms with Crippen LogP contribution in [0.25, 0.3) is 0 Å². The third-order valence-corrected chi connectivity index (χ3v) is 4.75. The van der Waals surface area contributed by atoms with Crippen molar-refractivity contribution in [2.24, 2.45) is 0 Å². The number of piperazine rings is 1. The lowest BCUT2D eigenvalue weighted by Gasteiger charge is -2.32. The number of nitrogens with one attached hydrogen (secondary N) is 1. The minimum atomic E-state index is -0.342. The Morgan fingerprint density at radius 3 is 2.17 bits per heavy atom. The molecular weight excluding hydrogens is 336 g/mol. The zero-order valence-corrected chi connectivity index (χ0v) is 15.8. The van der Waals surface area contributed by atoms with Gasteiger partial charge in [0.15, 0.2) is 0 Å². The van der Waals surface area contributed by atoms with Crippen molar-refractivity contribution in [1.29, 1.82) is 0 Å². The summed E-state index contributed by atoms with van der Waals surface area (Å²) in [4.78, 5) is 6.72. The monoisotopic (exact) mass is 361 g/mol. The number of anilines is 1. The SMILES string of the molecule is CC1(C)OB(c2cncc(N3CCNCC3)c2)OC1(C)C.Cl.Cl. The Morgan fingerprint density at radius 1 is 1.04 bits per heavy atom. The number of pyridine rings is 1. The summed E-state index contributed by atoms with van der Waals surface area (Å²) in [6.45, 7) is 12.3. The average Bonchev–Trinajstić information content (AvgIpc) is 2.69. The molecule has 0 saturated carbocycles. The van der Waals surface area contributed by atoms with Crippen molar-refractivity contribution in [1.82, 2.24) is 10.3 Å². The molecule has 8 heteroatoms.